The molecule has 150 valence electrons. The molecule has 3 rings (SSSR count). The zero-order chi connectivity index (χ0) is 20.0. The molecule has 0 unspecified atom stereocenters. The lowest BCUT2D eigenvalue weighted by Gasteiger charge is -2.43. The van der Waals surface area contributed by atoms with Crippen LogP contribution in [0.25, 0.3) is 0 Å². The Kier molecular flexibility index (Phi) is 6.78. The Morgan fingerprint density at radius 3 is 2.68 bits per heavy atom. The van der Waals surface area contributed by atoms with E-state index in [9.17, 15) is 15.0 Å². The molecular formula is C22H29N3O3. The van der Waals surface area contributed by atoms with Gasteiger partial charge in [0.15, 0.2) is 0 Å². The summed E-state index contributed by atoms with van der Waals surface area (Å²) in [5.41, 5.74) is 0.753. The minimum Gasteiger partial charge on any atom is -0.388 e. The maximum Gasteiger partial charge on any atom is 0.227 e. The van der Waals surface area contributed by atoms with Gasteiger partial charge < -0.3 is 20.0 Å². The van der Waals surface area contributed by atoms with E-state index in [0.29, 0.717) is 25.9 Å². The van der Waals surface area contributed by atoms with Crippen LogP contribution in [-0.4, -0.2) is 75.8 Å². The number of aromatic nitrogens is 1. The molecule has 1 saturated heterocycles. The van der Waals surface area contributed by atoms with Crippen LogP contribution in [0.2, 0.25) is 0 Å². The van der Waals surface area contributed by atoms with Gasteiger partial charge >= 0.3 is 0 Å². The van der Waals surface area contributed by atoms with Crippen molar-refractivity contribution in [3.63, 3.8) is 0 Å². The molecule has 6 nitrogen and oxygen atoms in total. The summed E-state index contributed by atoms with van der Waals surface area (Å²) in [6.45, 7) is 1.72. The number of hydrogen-bond donors (Lipinski definition) is 2. The van der Waals surface area contributed by atoms with Gasteiger partial charge in [0.05, 0.1) is 6.42 Å². The first-order valence-corrected chi connectivity index (χ1v) is 9.77. The molecule has 2 heterocycles. The van der Waals surface area contributed by atoms with Crippen molar-refractivity contribution in [1.82, 2.24) is 14.8 Å². The molecule has 1 amide bonds. The number of likely N-dealkylation sites (tertiary alicyclic amines) is 1. The number of hydrogen-bond acceptors (Lipinski definition) is 5. The molecule has 0 bridgehead atoms. The summed E-state index contributed by atoms with van der Waals surface area (Å²) in [6.07, 6.45) is 2.27. The number of carbonyl (C=O) groups is 1. The molecule has 1 aromatic carbocycles. The van der Waals surface area contributed by atoms with Crippen LogP contribution in [0.3, 0.4) is 0 Å². The Morgan fingerprint density at radius 1 is 1.25 bits per heavy atom. The maximum atomic E-state index is 12.5. The van der Waals surface area contributed by atoms with Crippen LogP contribution in [0, 0.1) is 0 Å². The van der Waals surface area contributed by atoms with E-state index < -0.39 is 11.7 Å². The molecule has 0 radical (unpaired) electrons. The van der Waals surface area contributed by atoms with E-state index in [0.717, 1.165) is 24.2 Å². The van der Waals surface area contributed by atoms with Gasteiger partial charge in [0.25, 0.3) is 0 Å². The standard InChI is InChI=1S/C22H29N3O3/c1-24(13-10-19-9-5-6-12-23-19)17-22(28)11-14-25(16-20(22)26)21(27)15-18-7-3-2-4-8-18/h2-9,12,20,26,28H,10-11,13-17H2,1H3/t20-,22-/m0/s1. The highest BCUT2D eigenvalue weighted by molar-refractivity contribution is 5.79. The van der Waals surface area contributed by atoms with Crippen molar-refractivity contribution in [1.29, 1.82) is 0 Å². The Bertz CT molecular complexity index is 756. The second-order valence-corrected chi connectivity index (χ2v) is 7.68. The molecule has 0 saturated carbocycles. The molecule has 1 aliphatic heterocycles. The number of aliphatic hydroxyl groups excluding tert-OH is 1. The average Bonchev–Trinajstić information content (AvgIpc) is 2.70. The molecule has 0 spiro atoms. The van der Waals surface area contributed by atoms with E-state index in [-0.39, 0.29) is 12.5 Å². The predicted molar refractivity (Wildman–Crippen MR) is 108 cm³/mol. The van der Waals surface area contributed by atoms with Gasteiger partial charge in [0, 0.05) is 44.5 Å². The van der Waals surface area contributed by atoms with Gasteiger partial charge in [-0.2, -0.15) is 0 Å². The Labute approximate surface area is 166 Å². The van der Waals surface area contributed by atoms with E-state index in [4.69, 9.17) is 0 Å². The first-order chi connectivity index (χ1) is 13.5. The molecule has 6 heteroatoms. The molecule has 28 heavy (non-hydrogen) atoms. The van der Waals surface area contributed by atoms with Crippen molar-refractivity contribution in [3.8, 4) is 0 Å². The van der Waals surface area contributed by atoms with Crippen LogP contribution in [0.1, 0.15) is 17.7 Å². The van der Waals surface area contributed by atoms with E-state index in [1.54, 1.807) is 11.1 Å². The monoisotopic (exact) mass is 383 g/mol. The molecule has 2 N–H and O–H groups in total. The number of pyridine rings is 1. The Hall–Kier alpha value is -2.28. The summed E-state index contributed by atoms with van der Waals surface area (Å²) in [4.78, 5) is 20.5. The lowest BCUT2D eigenvalue weighted by Crippen LogP contribution is -2.61. The summed E-state index contributed by atoms with van der Waals surface area (Å²) in [6, 6.07) is 15.4. The highest BCUT2D eigenvalue weighted by atomic mass is 16.3. The van der Waals surface area contributed by atoms with E-state index in [2.05, 4.69) is 4.98 Å². The average molecular weight is 383 g/mol. The number of piperidine rings is 1. The first-order valence-electron chi connectivity index (χ1n) is 9.77. The number of carbonyl (C=O) groups excluding carboxylic acids is 1. The largest absolute Gasteiger partial charge is 0.388 e. The highest BCUT2D eigenvalue weighted by Crippen LogP contribution is 2.24. The van der Waals surface area contributed by atoms with Crippen LogP contribution >= 0.6 is 0 Å². The fourth-order valence-corrected chi connectivity index (χ4v) is 3.66. The molecular weight excluding hydrogens is 354 g/mol. The fourth-order valence-electron chi connectivity index (χ4n) is 3.66. The van der Waals surface area contributed by atoms with Gasteiger partial charge in [-0.15, -0.1) is 0 Å². The number of aliphatic hydroxyl groups is 2. The third-order valence-corrected chi connectivity index (χ3v) is 5.40. The lowest BCUT2D eigenvalue weighted by molar-refractivity contribution is -0.152. The first kappa shape index (κ1) is 20.5. The number of amides is 1. The third-order valence-electron chi connectivity index (χ3n) is 5.40. The second kappa shape index (κ2) is 9.28. The van der Waals surface area contributed by atoms with Gasteiger partial charge in [0.1, 0.15) is 11.7 Å². The summed E-state index contributed by atoms with van der Waals surface area (Å²) < 4.78 is 0. The van der Waals surface area contributed by atoms with Crippen molar-refractivity contribution in [2.24, 2.45) is 0 Å². The van der Waals surface area contributed by atoms with Crippen molar-refractivity contribution >= 4 is 5.91 Å². The summed E-state index contributed by atoms with van der Waals surface area (Å²) in [5, 5.41) is 21.5. The van der Waals surface area contributed by atoms with Gasteiger partial charge in [-0.1, -0.05) is 36.4 Å². The van der Waals surface area contributed by atoms with Crippen molar-refractivity contribution < 1.29 is 15.0 Å². The molecule has 1 aromatic heterocycles. The molecule has 2 atom stereocenters. The van der Waals surface area contributed by atoms with Crippen molar-refractivity contribution in [2.75, 3.05) is 33.2 Å². The smallest absolute Gasteiger partial charge is 0.227 e. The van der Waals surface area contributed by atoms with E-state index >= 15 is 0 Å². The van der Waals surface area contributed by atoms with Gasteiger partial charge in [-0.25, -0.2) is 0 Å². The van der Waals surface area contributed by atoms with Crippen LogP contribution in [-0.2, 0) is 17.6 Å². The number of benzene rings is 1. The normalized spacial score (nSPS) is 22.4. The van der Waals surface area contributed by atoms with Crippen LogP contribution in [0.5, 0.6) is 0 Å². The lowest BCUT2D eigenvalue weighted by atomic mass is 9.87. The summed E-state index contributed by atoms with van der Waals surface area (Å²) >= 11 is 0. The third kappa shape index (κ3) is 5.38. The zero-order valence-electron chi connectivity index (χ0n) is 16.4. The SMILES string of the molecule is CN(CCc1ccccn1)C[C@@]1(O)CCN(C(=O)Cc2ccccc2)C[C@@H]1O. The van der Waals surface area contributed by atoms with Crippen LogP contribution < -0.4 is 0 Å². The van der Waals surface area contributed by atoms with Crippen LogP contribution in [0.4, 0.5) is 0 Å². The molecule has 2 aromatic rings. The molecule has 1 fully saturated rings. The number of likely N-dealkylation sites (N-methyl/N-ethyl adjacent to an activating group) is 1. The Balaban J connectivity index is 1.49. The fraction of sp³-hybridized carbons (Fsp3) is 0.455. The van der Waals surface area contributed by atoms with Crippen LogP contribution in [0.15, 0.2) is 54.7 Å². The van der Waals surface area contributed by atoms with Crippen molar-refractivity contribution in [2.45, 2.75) is 31.0 Å². The topological polar surface area (TPSA) is 76.9 Å². The summed E-state index contributed by atoms with van der Waals surface area (Å²) in [7, 11) is 1.93. The second-order valence-electron chi connectivity index (χ2n) is 7.68. The number of nitrogens with zero attached hydrogens (tertiary/aromatic N) is 3. The number of rotatable bonds is 7. The summed E-state index contributed by atoms with van der Waals surface area (Å²) in [5.74, 6) is -0.0178. The van der Waals surface area contributed by atoms with Gasteiger partial charge in [0.2, 0.25) is 5.91 Å². The minimum absolute atomic E-state index is 0.0178. The zero-order valence-corrected chi connectivity index (χ0v) is 16.4. The number of β-amino-alcohol motifs (C(OH)–C–C–N with tert-alkyl or cyclic N) is 1. The molecule has 0 aliphatic carbocycles. The molecule has 1 aliphatic rings. The highest BCUT2D eigenvalue weighted by Gasteiger charge is 2.42. The van der Waals surface area contributed by atoms with E-state index in [1.807, 2.05) is 60.5 Å². The van der Waals surface area contributed by atoms with Crippen molar-refractivity contribution in [3.05, 3.63) is 66.0 Å². The van der Waals surface area contributed by atoms with Gasteiger partial charge in [-0.05, 0) is 31.2 Å². The quantitative estimate of drug-likeness (QED) is 0.749. The predicted octanol–water partition coefficient (Wildman–Crippen LogP) is 1.12. The maximum absolute atomic E-state index is 12.5. The Morgan fingerprint density at radius 2 is 2.00 bits per heavy atom. The minimum atomic E-state index is -1.21. The van der Waals surface area contributed by atoms with E-state index in [1.165, 1.54) is 0 Å². The van der Waals surface area contributed by atoms with Gasteiger partial charge in [-0.3, -0.25) is 9.78 Å².